The number of phenolic OH excluding ortho intramolecular Hbond substituents is 1. The Bertz CT molecular complexity index is 1520. The predicted molar refractivity (Wildman–Crippen MR) is 137 cm³/mol. The lowest BCUT2D eigenvalue weighted by atomic mass is 9.49. The van der Waals surface area contributed by atoms with Crippen molar-refractivity contribution in [2.45, 2.75) is 36.3 Å². The van der Waals surface area contributed by atoms with Gasteiger partial charge in [-0.15, -0.1) is 0 Å². The molecule has 5 rings (SSSR count). The van der Waals surface area contributed by atoms with Gasteiger partial charge in [0.2, 0.25) is 5.91 Å². The van der Waals surface area contributed by atoms with Crippen LogP contribution in [0.3, 0.4) is 0 Å². The second-order valence-electron chi connectivity index (χ2n) is 11.3. The van der Waals surface area contributed by atoms with Gasteiger partial charge in [0.25, 0.3) is 0 Å². The number of alkyl halides is 3. The number of likely N-dealkylation sites (N-methyl/N-ethyl adjacent to an activating group) is 1. The number of rotatable bonds is 4. The van der Waals surface area contributed by atoms with Gasteiger partial charge in [0.1, 0.15) is 5.75 Å². The van der Waals surface area contributed by atoms with Gasteiger partial charge in [-0.05, 0) is 55.8 Å². The molecule has 10 nitrogen and oxygen atoms in total. The van der Waals surface area contributed by atoms with E-state index in [1.54, 1.807) is 0 Å². The highest BCUT2D eigenvalue weighted by molar-refractivity contribution is 6.32. The molecular formula is C29H27F3N2O8. The van der Waals surface area contributed by atoms with Crippen molar-refractivity contribution >= 4 is 29.0 Å². The Morgan fingerprint density at radius 3 is 2.19 bits per heavy atom. The number of aliphatic hydroxyl groups excluding tert-OH is 1. The highest BCUT2D eigenvalue weighted by Crippen LogP contribution is 2.55. The number of primary amides is 1. The fraction of sp³-hybridized carbons (Fsp3) is 0.414. The van der Waals surface area contributed by atoms with Crippen LogP contribution in [0.1, 0.15) is 33.0 Å². The number of aromatic hydroxyl groups is 1. The van der Waals surface area contributed by atoms with Crippen LogP contribution in [0.2, 0.25) is 0 Å². The third-order valence-corrected chi connectivity index (χ3v) is 8.89. The van der Waals surface area contributed by atoms with Gasteiger partial charge in [0.05, 0.1) is 35.1 Å². The summed E-state index contributed by atoms with van der Waals surface area (Å²) in [4.78, 5) is 68.1. The third kappa shape index (κ3) is 4.09. The Balaban J connectivity index is 1.70. The highest BCUT2D eigenvalue weighted by Gasteiger charge is 2.73. The van der Waals surface area contributed by atoms with E-state index in [9.17, 15) is 52.5 Å². The van der Waals surface area contributed by atoms with Crippen molar-refractivity contribution < 1.29 is 52.5 Å². The van der Waals surface area contributed by atoms with Crippen LogP contribution < -0.4 is 5.73 Å². The summed E-state index contributed by atoms with van der Waals surface area (Å²) < 4.78 is 39.5. The lowest BCUT2D eigenvalue weighted by molar-refractivity contribution is -0.197. The zero-order chi connectivity index (χ0) is 31.0. The minimum Gasteiger partial charge on any atom is -0.507 e. The number of amides is 1. The summed E-state index contributed by atoms with van der Waals surface area (Å²) in [5.74, 6) is -15.1. The van der Waals surface area contributed by atoms with E-state index < -0.39 is 93.9 Å². The van der Waals surface area contributed by atoms with E-state index in [1.165, 1.54) is 49.3 Å². The molecule has 2 saturated carbocycles. The molecule has 3 aliphatic carbocycles. The predicted octanol–water partition coefficient (Wildman–Crippen LogP) is 0.640. The van der Waals surface area contributed by atoms with Gasteiger partial charge in [0.15, 0.2) is 34.7 Å². The Labute approximate surface area is 236 Å². The van der Waals surface area contributed by atoms with Crippen LogP contribution >= 0.6 is 0 Å². The van der Waals surface area contributed by atoms with E-state index in [2.05, 4.69) is 0 Å². The van der Waals surface area contributed by atoms with Crippen LogP contribution in [0.5, 0.6) is 5.75 Å². The fourth-order valence-corrected chi connectivity index (χ4v) is 7.09. The summed E-state index contributed by atoms with van der Waals surface area (Å²) in [5.41, 5.74) is 1.48. The number of phenols is 1. The van der Waals surface area contributed by atoms with E-state index in [0.717, 1.165) is 12.1 Å². The molecule has 0 spiro atoms. The van der Waals surface area contributed by atoms with Crippen molar-refractivity contribution in [2.75, 3.05) is 14.1 Å². The number of ketones is 4. The Hall–Kier alpha value is -3.94. The van der Waals surface area contributed by atoms with Crippen molar-refractivity contribution in [3.8, 4) is 5.75 Å². The molecule has 8 unspecified atom stereocenters. The molecule has 2 aromatic carbocycles. The van der Waals surface area contributed by atoms with Gasteiger partial charge in [-0.3, -0.25) is 28.9 Å². The minimum absolute atomic E-state index is 0.114. The molecule has 222 valence electrons. The molecule has 2 fully saturated rings. The first-order valence-corrected chi connectivity index (χ1v) is 13.0. The maximum Gasteiger partial charge on any atom is 0.416 e. The maximum absolute atomic E-state index is 14.1. The summed E-state index contributed by atoms with van der Waals surface area (Å²) in [7, 11) is 2.75. The van der Waals surface area contributed by atoms with Gasteiger partial charge >= 0.3 is 6.18 Å². The summed E-state index contributed by atoms with van der Waals surface area (Å²) in [6.07, 6.45) is -6.58. The quantitative estimate of drug-likeness (QED) is 0.374. The first kappa shape index (κ1) is 29.5. The van der Waals surface area contributed by atoms with Crippen LogP contribution in [-0.4, -0.2) is 81.1 Å². The second kappa shape index (κ2) is 9.82. The molecule has 0 saturated heterocycles. The summed E-state index contributed by atoms with van der Waals surface area (Å²) in [6, 6.07) is 6.66. The van der Waals surface area contributed by atoms with Crippen molar-refractivity contribution in [2.24, 2.45) is 29.4 Å². The second-order valence-corrected chi connectivity index (χ2v) is 11.3. The molecule has 5 N–H and O–H groups in total. The molecule has 8 atom stereocenters. The fourth-order valence-electron chi connectivity index (χ4n) is 7.09. The van der Waals surface area contributed by atoms with E-state index in [0.29, 0.717) is 5.56 Å². The van der Waals surface area contributed by atoms with Crippen LogP contribution in [-0.2, 0) is 31.8 Å². The number of hydrogen-bond donors (Lipinski definition) is 4. The molecular weight excluding hydrogens is 561 g/mol. The normalized spacial score (nSPS) is 32.8. The van der Waals surface area contributed by atoms with Gasteiger partial charge in [-0.2, -0.15) is 13.2 Å². The molecule has 3 aliphatic rings. The smallest absolute Gasteiger partial charge is 0.416 e. The number of Topliss-reactive ketones (excluding diaryl/α,β-unsaturated/α-hetero) is 4. The zero-order valence-electron chi connectivity index (χ0n) is 22.3. The standard InChI is InChI=1S/C29H27F3N2O8/c1-34(2)21-20-23(37)17-14(10-11-6-8-12(9-7-11)29(30,31)32)13-4-3-5-15(35)16(13)22(36)18(17)25(39)28(20,42)26(40)19(24(21)38)27(33)41/h3-9,14,17-21,23,35,37,42H,10H2,1-2H3,(H2,33,41). The molecule has 0 heterocycles. The molecule has 0 bridgehead atoms. The SMILES string of the molecule is CN(C)C1C(=O)C(C(N)=O)C(=O)C2(O)C(=O)C3C(=O)c4c(O)cccc4C(Cc4ccc(C(F)(F)F)cc4)C3C(O)C12. The summed E-state index contributed by atoms with van der Waals surface area (Å²) in [6.45, 7) is 0. The van der Waals surface area contributed by atoms with E-state index >= 15 is 0 Å². The van der Waals surface area contributed by atoms with Gasteiger partial charge in [-0.1, -0.05) is 24.3 Å². The molecule has 42 heavy (non-hydrogen) atoms. The lowest BCUT2D eigenvalue weighted by Crippen LogP contribution is -2.77. The van der Waals surface area contributed by atoms with E-state index in [4.69, 9.17) is 5.73 Å². The largest absolute Gasteiger partial charge is 0.507 e. The number of aliphatic hydroxyl groups is 2. The van der Waals surface area contributed by atoms with Crippen molar-refractivity contribution in [3.05, 3.63) is 64.7 Å². The first-order valence-electron chi connectivity index (χ1n) is 13.0. The molecule has 2 aromatic rings. The topological polar surface area (TPSA) is 175 Å². The number of carbonyl (C=O) groups is 5. The van der Waals surface area contributed by atoms with Crippen molar-refractivity contribution in [3.63, 3.8) is 0 Å². The molecule has 0 radical (unpaired) electrons. The van der Waals surface area contributed by atoms with Gasteiger partial charge < -0.3 is 21.1 Å². The lowest BCUT2D eigenvalue weighted by Gasteiger charge is -2.56. The number of nitrogens with two attached hydrogens (primary N) is 1. The Morgan fingerprint density at radius 1 is 1.02 bits per heavy atom. The van der Waals surface area contributed by atoms with Crippen LogP contribution in [0.25, 0.3) is 0 Å². The number of carbonyl (C=O) groups excluding carboxylic acids is 5. The average molecular weight is 589 g/mol. The highest BCUT2D eigenvalue weighted by atomic mass is 19.4. The van der Waals surface area contributed by atoms with Gasteiger partial charge in [-0.25, -0.2) is 0 Å². The van der Waals surface area contributed by atoms with Crippen LogP contribution in [0.4, 0.5) is 13.2 Å². The molecule has 1 amide bonds. The Morgan fingerprint density at radius 2 is 1.64 bits per heavy atom. The number of fused-ring (bicyclic) bond motifs is 3. The molecule has 13 heteroatoms. The first-order chi connectivity index (χ1) is 19.5. The van der Waals surface area contributed by atoms with Crippen molar-refractivity contribution in [1.29, 1.82) is 0 Å². The maximum atomic E-state index is 14.1. The van der Waals surface area contributed by atoms with Crippen molar-refractivity contribution in [1.82, 2.24) is 4.90 Å². The number of halogens is 3. The Kier molecular flexibility index (Phi) is 6.91. The minimum atomic E-state index is -4.60. The third-order valence-electron chi connectivity index (χ3n) is 8.89. The number of hydrogen-bond acceptors (Lipinski definition) is 9. The van der Waals surface area contributed by atoms with E-state index in [-0.39, 0.29) is 17.5 Å². The average Bonchev–Trinajstić information content (AvgIpc) is 2.89. The summed E-state index contributed by atoms with van der Waals surface area (Å²) >= 11 is 0. The number of benzene rings is 2. The zero-order valence-corrected chi connectivity index (χ0v) is 22.3. The monoisotopic (exact) mass is 588 g/mol. The molecule has 0 aromatic heterocycles. The molecule has 0 aliphatic heterocycles. The van der Waals surface area contributed by atoms with Crippen LogP contribution in [0, 0.1) is 23.7 Å². The van der Waals surface area contributed by atoms with E-state index in [1.807, 2.05) is 0 Å². The van der Waals surface area contributed by atoms with Gasteiger partial charge in [0, 0.05) is 5.92 Å². The summed E-state index contributed by atoms with van der Waals surface area (Å²) in [5, 5.41) is 34.2. The number of nitrogens with zero attached hydrogens (tertiary/aromatic N) is 1. The van der Waals surface area contributed by atoms with Crippen LogP contribution in [0.15, 0.2) is 42.5 Å².